The number of nitrogens with two attached hydrogens (primary N) is 1. The van der Waals surface area contributed by atoms with Crippen molar-refractivity contribution in [2.24, 2.45) is 5.73 Å². The first-order valence-corrected chi connectivity index (χ1v) is 12.0. The molecule has 7 nitrogen and oxygen atoms in total. The molecule has 1 atom stereocenters. The third-order valence-corrected chi connectivity index (χ3v) is 7.17. The first kappa shape index (κ1) is 22.6. The number of primary amides is 1. The van der Waals surface area contributed by atoms with Gasteiger partial charge in [0.15, 0.2) is 0 Å². The summed E-state index contributed by atoms with van der Waals surface area (Å²) < 4.78 is 28.7. The molecular weight excluding hydrogens is 436 g/mol. The Bertz CT molecular complexity index is 1380. The number of sulfonamides is 1. The zero-order chi connectivity index (χ0) is 23.6. The molecule has 8 heteroatoms. The molecule has 0 aliphatic heterocycles. The van der Waals surface area contributed by atoms with Gasteiger partial charge in [-0.15, -0.1) is 0 Å². The van der Waals surface area contributed by atoms with Gasteiger partial charge in [-0.2, -0.15) is 0 Å². The number of carbonyl (C=O) groups is 1. The van der Waals surface area contributed by atoms with Crippen molar-refractivity contribution in [2.45, 2.75) is 10.8 Å². The summed E-state index contributed by atoms with van der Waals surface area (Å²) in [6, 6.07) is 21.6. The third kappa shape index (κ3) is 4.76. The summed E-state index contributed by atoms with van der Waals surface area (Å²) in [6.45, 7) is 0.170. The SMILES string of the molecule is CN(C)c1ccc(C(CNS(=O)(=O)c2ccc(C(N)=O)cc2)c2c[nH]c3ccccc23)cc1. The van der Waals surface area contributed by atoms with Crippen LogP contribution >= 0.6 is 0 Å². The summed E-state index contributed by atoms with van der Waals surface area (Å²) in [5.74, 6) is -0.815. The monoisotopic (exact) mass is 462 g/mol. The standard InChI is InChI=1S/C25H26N4O3S/c1-29(2)19-11-7-17(8-12-19)22(23-15-27-24-6-4-3-5-21(23)24)16-28-33(31,32)20-13-9-18(10-14-20)25(26)30/h3-15,22,27-28H,16H2,1-2H3,(H2,26,30). The number of rotatable bonds is 8. The summed E-state index contributed by atoms with van der Waals surface area (Å²) in [7, 11) is 0.160. The predicted molar refractivity (Wildman–Crippen MR) is 131 cm³/mol. The Morgan fingerprint density at radius 2 is 1.67 bits per heavy atom. The van der Waals surface area contributed by atoms with Crippen molar-refractivity contribution in [1.82, 2.24) is 9.71 Å². The minimum atomic E-state index is -3.79. The van der Waals surface area contributed by atoms with Gasteiger partial charge in [0, 0.05) is 54.9 Å². The molecule has 0 aliphatic rings. The lowest BCUT2D eigenvalue weighted by Crippen LogP contribution is -2.29. The second-order valence-corrected chi connectivity index (χ2v) is 9.84. The van der Waals surface area contributed by atoms with Crippen molar-refractivity contribution in [3.05, 3.63) is 95.7 Å². The van der Waals surface area contributed by atoms with Gasteiger partial charge in [-0.25, -0.2) is 13.1 Å². The van der Waals surface area contributed by atoms with Crippen molar-refractivity contribution >= 4 is 32.5 Å². The Labute approximate surface area is 193 Å². The molecule has 4 aromatic rings. The molecule has 1 unspecified atom stereocenters. The van der Waals surface area contributed by atoms with E-state index in [0.29, 0.717) is 0 Å². The number of nitrogens with one attached hydrogen (secondary N) is 2. The van der Waals surface area contributed by atoms with Crippen LogP contribution in [0.4, 0.5) is 5.69 Å². The van der Waals surface area contributed by atoms with Gasteiger partial charge in [0.1, 0.15) is 0 Å². The van der Waals surface area contributed by atoms with Crippen LogP contribution in [0.1, 0.15) is 27.4 Å². The zero-order valence-electron chi connectivity index (χ0n) is 18.4. The summed E-state index contributed by atoms with van der Waals surface area (Å²) in [5, 5.41) is 1.05. The number of anilines is 1. The smallest absolute Gasteiger partial charge is 0.248 e. The van der Waals surface area contributed by atoms with Gasteiger partial charge in [-0.3, -0.25) is 4.79 Å². The fourth-order valence-corrected chi connectivity index (χ4v) is 4.92. The fourth-order valence-electron chi connectivity index (χ4n) is 3.87. The average molecular weight is 463 g/mol. The van der Waals surface area contributed by atoms with Crippen molar-refractivity contribution < 1.29 is 13.2 Å². The molecule has 170 valence electrons. The minimum Gasteiger partial charge on any atom is -0.378 e. The molecule has 0 aliphatic carbocycles. The average Bonchev–Trinajstić information content (AvgIpc) is 3.23. The third-order valence-electron chi connectivity index (χ3n) is 5.74. The van der Waals surface area contributed by atoms with Crippen LogP contribution in [0.25, 0.3) is 10.9 Å². The molecule has 0 spiro atoms. The molecule has 1 amide bonds. The van der Waals surface area contributed by atoms with E-state index in [1.165, 1.54) is 24.3 Å². The van der Waals surface area contributed by atoms with Crippen molar-refractivity contribution in [3.8, 4) is 0 Å². The van der Waals surface area contributed by atoms with Crippen LogP contribution in [-0.2, 0) is 10.0 Å². The molecule has 0 radical (unpaired) electrons. The topological polar surface area (TPSA) is 108 Å². The van der Waals surface area contributed by atoms with Crippen molar-refractivity contribution in [2.75, 3.05) is 25.5 Å². The van der Waals surface area contributed by atoms with E-state index in [0.717, 1.165) is 27.7 Å². The summed E-state index contributed by atoms with van der Waals surface area (Å²) >= 11 is 0. The first-order chi connectivity index (χ1) is 15.8. The van der Waals surface area contributed by atoms with E-state index in [-0.39, 0.29) is 22.9 Å². The van der Waals surface area contributed by atoms with Crippen LogP contribution in [0, 0.1) is 0 Å². The molecule has 33 heavy (non-hydrogen) atoms. The highest BCUT2D eigenvalue weighted by Gasteiger charge is 2.22. The van der Waals surface area contributed by atoms with E-state index in [9.17, 15) is 13.2 Å². The fraction of sp³-hybridized carbons (Fsp3) is 0.160. The van der Waals surface area contributed by atoms with E-state index in [4.69, 9.17) is 5.73 Å². The van der Waals surface area contributed by atoms with Gasteiger partial charge in [0.05, 0.1) is 4.90 Å². The lowest BCUT2D eigenvalue weighted by Gasteiger charge is -2.20. The quantitative estimate of drug-likeness (QED) is 0.373. The highest BCUT2D eigenvalue weighted by atomic mass is 32.2. The van der Waals surface area contributed by atoms with E-state index in [2.05, 4.69) is 9.71 Å². The number of H-pyrrole nitrogens is 1. The zero-order valence-corrected chi connectivity index (χ0v) is 19.3. The number of carbonyl (C=O) groups excluding carboxylic acids is 1. The number of aromatic amines is 1. The van der Waals surface area contributed by atoms with Crippen LogP contribution in [0.15, 0.2) is 83.9 Å². The van der Waals surface area contributed by atoms with Gasteiger partial charge in [0.25, 0.3) is 0 Å². The molecular formula is C25H26N4O3S. The summed E-state index contributed by atoms with van der Waals surface area (Å²) in [6.07, 6.45) is 1.94. The van der Waals surface area contributed by atoms with E-state index in [1.54, 1.807) is 0 Å². The molecule has 1 aromatic heterocycles. The maximum Gasteiger partial charge on any atom is 0.248 e. The molecule has 0 bridgehead atoms. The Kier molecular flexibility index (Phi) is 6.22. The van der Waals surface area contributed by atoms with Gasteiger partial charge < -0.3 is 15.6 Å². The van der Waals surface area contributed by atoms with Crippen LogP contribution in [0.3, 0.4) is 0 Å². The lowest BCUT2D eigenvalue weighted by atomic mass is 9.91. The number of hydrogen-bond acceptors (Lipinski definition) is 4. The number of fused-ring (bicyclic) bond motifs is 1. The highest BCUT2D eigenvalue weighted by molar-refractivity contribution is 7.89. The van der Waals surface area contributed by atoms with Gasteiger partial charge in [-0.1, -0.05) is 30.3 Å². The van der Waals surface area contributed by atoms with Crippen LogP contribution in [0.5, 0.6) is 0 Å². The maximum absolute atomic E-state index is 13.0. The number of nitrogens with zero attached hydrogens (tertiary/aromatic N) is 1. The largest absolute Gasteiger partial charge is 0.378 e. The Morgan fingerprint density at radius 1 is 1.00 bits per heavy atom. The number of benzene rings is 3. The summed E-state index contributed by atoms with van der Waals surface area (Å²) in [4.78, 5) is 16.7. The molecule has 1 heterocycles. The van der Waals surface area contributed by atoms with Crippen molar-refractivity contribution in [3.63, 3.8) is 0 Å². The molecule has 0 saturated heterocycles. The first-order valence-electron chi connectivity index (χ1n) is 10.5. The summed E-state index contributed by atoms with van der Waals surface area (Å²) in [5.41, 5.74) is 9.57. The second-order valence-electron chi connectivity index (χ2n) is 8.07. The van der Waals surface area contributed by atoms with Crippen molar-refractivity contribution in [1.29, 1.82) is 0 Å². The number of hydrogen-bond donors (Lipinski definition) is 3. The lowest BCUT2D eigenvalue weighted by molar-refractivity contribution is 0.1000. The number of aromatic nitrogens is 1. The molecule has 0 fully saturated rings. The van der Waals surface area contributed by atoms with E-state index in [1.807, 2.05) is 73.7 Å². The van der Waals surface area contributed by atoms with Gasteiger partial charge >= 0.3 is 0 Å². The molecule has 4 rings (SSSR count). The van der Waals surface area contributed by atoms with E-state index < -0.39 is 15.9 Å². The van der Waals surface area contributed by atoms with E-state index >= 15 is 0 Å². The number of amides is 1. The molecule has 3 aromatic carbocycles. The normalized spacial score (nSPS) is 12.5. The maximum atomic E-state index is 13.0. The Balaban J connectivity index is 1.67. The van der Waals surface area contributed by atoms with Crippen LogP contribution in [-0.4, -0.2) is 39.9 Å². The number of para-hydroxylation sites is 1. The molecule has 0 saturated carbocycles. The van der Waals surface area contributed by atoms with Gasteiger partial charge in [0.2, 0.25) is 15.9 Å². The van der Waals surface area contributed by atoms with Crippen LogP contribution in [0.2, 0.25) is 0 Å². The Morgan fingerprint density at radius 3 is 2.30 bits per heavy atom. The minimum absolute atomic E-state index is 0.0770. The van der Waals surface area contributed by atoms with Crippen LogP contribution < -0.4 is 15.4 Å². The van der Waals surface area contributed by atoms with Gasteiger partial charge in [-0.05, 0) is 53.6 Å². The second kappa shape index (κ2) is 9.09. The molecule has 4 N–H and O–H groups in total. The highest BCUT2D eigenvalue weighted by Crippen LogP contribution is 2.31. The Hall–Kier alpha value is -3.62. The predicted octanol–water partition coefficient (Wildman–Crippen LogP) is 3.44.